The Morgan fingerprint density at radius 1 is 1.41 bits per heavy atom. The molecule has 0 aliphatic carbocycles. The summed E-state index contributed by atoms with van der Waals surface area (Å²) >= 11 is 0. The highest BCUT2D eigenvalue weighted by atomic mass is 16.2. The fourth-order valence-electron chi connectivity index (χ4n) is 1.62. The Bertz CT molecular complexity index is 311. The summed E-state index contributed by atoms with van der Waals surface area (Å²) < 4.78 is 0. The largest absolute Gasteiger partial charge is 0.351 e. The summed E-state index contributed by atoms with van der Waals surface area (Å²) in [6.07, 6.45) is 4.08. The molecule has 0 bridgehead atoms. The van der Waals surface area contributed by atoms with Gasteiger partial charge in [-0.3, -0.25) is 9.59 Å². The van der Waals surface area contributed by atoms with Crippen molar-refractivity contribution in [1.29, 1.82) is 0 Å². The number of carbonyl (C=O) groups excluding carboxylic acids is 2. The average molecular weight is 239 g/mol. The summed E-state index contributed by atoms with van der Waals surface area (Å²) in [5.74, 6) is 0.427. The minimum atomic E-state index is -0.158. The lowest BCUT2D eigenvalue weighted by Crippen LogP contribution is -2.37. The summed E-state index contributed by atoms with van der Waals surface area (Å²) in [5.41, 5.74) is 2.74. The van der Waals surface area contributed by atoms with E-state index in [1.54, 1.807) is 0 Å². The molecule has 0 radical (unpaired) electrons. The van der Waals surface area contributed by atoms with Crippen LogP contribution in [0.4, 0.5) is 0 Å². The van der Waals surface area contributed by atoms with Crippen molar-refractivity contribution in [2.75, 3.05) is 6.54 Å². The molecule has 17 heavy (non-hydrogen) atoms. The molecule has 0 aromatic heterocycles. The Morgan fingerprint density at radius 3 is 2.76 bits per heavy atom. The van der Waals surface area contributed by atoms with Gasteiger partial charge in [0.25, 0.3) is 5.91 Å². The Labute approximate surface area is 102 Å². The predicted molar refractivity (Wildman–Crippen MR) is 66.5 cm³/mol. The molecule has 2 N–H and O–H groups in total. The first kappa shape index (κ1) is 13.7. The number of carbonyl (C=O) groups is 2. The van der Waals surface area contributed by atoms with E-state index in [1.807, 2.05) is 0 Å². The van der Waals surface area contributed by atoms with Crippen LogP contribution in [0.5, 0.6) is 0 Å². The van der Waals surface area contributed by atoms with Gasteiger partial charge in [-0.15, -0.1) is 0 Å². The molecule has 5 heteroatoms. The monoisotopic (exact) mass is 239 g/mol. The molecule has 0 spiro atoms. The molecule has 96 valence electrons. The Hall–Kier alpha value is -1.39. The topological polar surface area (TPSA) is 70.6 Å². The van der Waals surface area contributed by atoms with Crippen LogP contribution >= 0.6 is 0 Å². The van der Waals surface area contributed by atoms with Crippen LogP contribution in [0.1, 0.15) is 46.0 Å². The van der Waals surface area contributed by atoms with Crippen LogP contribution in [0.15, 0.2) is 5.10 Å². The van der Waals surface area contributed by atoms with Gasteiger partial charge < -0.3 is 5.32 Å². The first-order valence-electron chi connectivity index (χ1n) is 6.23. The van der Waals surface area contributed by atoms with Gasteiger partial charge in [-0.1, -0.05) is 26.7 Å². The molecule has 5 nitrogen and oxygen atoms in total. The third-order valence-electron chi connectivity index (χ3n) is 2.66. The molecule has 0 saturated heterocycles. The molecule has 1 heterocycles. The van der Waals surface area contributed by atoms with Gasteiger partial charge in [-0.2, -0.15) is 5.10 Å². The standard InChI is InChI=1S/C12H21N3O2/c1-9(2)5-3-4-8-13-12(17)10-6-7-11(16)15-14-10/h9H,3-8H2,1-2H3,(H,13,17)(H,15,16). The molecule has 0 aromatic rings. The van der Waals surface area contributed by atoms with Gasteiger partial charge in [-0.05, 0) is 12.3 Å². The lowest BCUT2D eigenvalue weighted by Gasteiger charge is -2.12. The molecule has 1 rings (SSSR count). The van der Waals surface area contributed by atoms with Gasteiger partial charge in [0.1, 0.15) is 5.71 Å². The van der Waals surface area contributed by atoms with Crippen LogP contribution in [-0.4, -0.2) is 24.1 Å². The summed E-state index contributed by atoms with van der Waals surface area (Å²) in [6, 6.07) is 0. The normalized spacial score (nSPS) is 15.5. The Morgan fingerprint density at radius 2 is 2.18 bits per heavy atom. The van der Waals surface area contributed by atoms with E-state index < -0.39 is 0 Å². The van der Waals surface area contributed by atoms with E-state index in [9.17, 15) is 9.59 Å². The number of rotatable bonds is 6. The number of hydrogen-bond donors (Lipinski definition) is 2. The maximum atomic E-state index is 11.6. The number of hydrogen-bond acceptors (Lipinski definition) is 3. The minimum absolute atomic E-state index is 0.126. The van der Waals surface area contributed by atoms with Crippen molar-refractivity contribution >= 4 is 17.5 Å². The van der Waals surface area contributed by atoms with Crippen molar-refractivity contribution in [3.05, 3.63) is 0 Å². The predicted octanol–water partition coefficient (Wildman–Crippen LogP) is 1.19. The van der Waals surface area contributed by atoms with Gasteiger partial charge in [-0.25, -0.2) is 5.43 Å². The molecule has 0 atom stereocenters. The molecule has 2 amide bonds. The smallest absolute Gasteiger partial charge is 0.267 e. The zero-order valence-corrected chi connectivity index (χ0v) is 10.6. The van der Waals surface area contributed by atoms with E-state index in [-0.39, 0.29) is 11.8 Å². The zero-order valence-electron chi connectivity index (χ0n) is 10.6. The second-order valence-corrected chi connectivity index (χ2v) is 4.74. The number of hydrazone groups is 1. The quantitative estimate of drug-likeness (QED) is 0.684. The summed E-state index contributed by atoms with van der Waals surface area (Å²) in [7, 11) is 0. The van der Waals surface area contributed by atoms with Gasteiger partial charge >= 0.3 is 0 Å². The van der Waals surface area contributed by atoms with Crippen molar-refractivity contribution in [2.45, 2.75) is 46.0 Å². The lowest BCUT2D eigenvalue weighted by molar-refractivity contribution is -0.121. The van der Waals surface area contributed by atoms with Crippen LogP contribution in [0.2, 0.25) is 0 Å². The zero-order chi connectivity index (χ0) is 12.7. The van der Waals surface area contributed by atoms with Crippen molar-refractivity contribution in [2.24, 2.45) is 11.0 Å². The van der Waals surface area contributed by atoms with E-state index in [0.717, 1.165) is 12.8 Å². The number of amides is 2. The van der Waals surface area contributed by atoms with Crippen molar-refractivity contribution in [3.8, 4) is 0 Å². The van der Waals surface area contributed by atoms with E-state index in [2.05, 4.69) is 29.7 Å². The first-order chi connectivity index (χ1) is 8.09. The minimum Gasteiger partial charge on any atom is -0.351 e. The Balaban J connectivity index is 2.15. The third-order valence-corrected chi connectivity index (χ3v) is 2.66. The van der Waals surface area contributed by atoms with Crippen molar-refractivity contribution in [3.63, 3.8) is 0 Å². The SMILES string of the molecule is CC(C)CCCCNC(=O)C1=NNC(=O)CC1. The fraction of sp³-hybridized carbons (Fsp3) is 0.750. The van der Waals surface area contributed by atoms with Gasteiger partial charge in [0.2, 0.25) is 5.91 Å². The molecule has 0 saturated carbocycles. The molecule has 1 aliphatic heterocycles. The molecule has 0 unspecified atom stereocenters. The van der Waals surface area contributed by atoms with Crippen LogP contribution < -0.4 is 10.7 Å². The second kappa shape index (κ2) is 7.04. The maximum absolute atomic E-state index is 11.6. The van der Waals surface area contributed by atoms with Gasteiger partial charge in [0.15, 0.2) is 0 Å². The van der Waals surface area contributed by atoms with Crippen LogP contribution in [0, 0.1) is 5.92 Å². The van der Waals surface area contributed by atoms with E-state index in [1.165, 1.54) is 6.42 Å². The third kappa shape index (κ3) is 5.47. The van der Waals surface area contributed by atoms with Gasteiger partial charge in [0, 0.05) is 19.4 Å². The number of nitrogens with one attached hydrogen (secondary N) is 2. The second-order valence-electron chi connectivity index (χ2n) is 4.74. The van der Waals surface area contributed by atoms with Gasteiger partial charge in [0.05, 0.1) is 0 Å². The average Bonchev–Trinajstić information content (AvgIpc) is 2.29. The molecule has 0 fully saturated rings. The van der Waals surface area contributed by atoms with E-state index in [4.69, 9.17) is 0 Å². The highest BCUT2D eigenvalue weighted by Crippen LogP contribution is 2.05. The van der Waals surface area contributed by atoms with Crippen LogP contribution in [0.25, 0.3) is 0 Å². The summed E-state index contributed by atoms with van der Waals surface area (Å²) in [6.45, 7) is 5.06. The molecule has 1 aliphatic rings. The van der Waals surface area contributed by atoms with Crippen LogP contribution in [0.3, 0.4) is 0 Å². The highest BCUT2D eigenvalue weighted by Gasteiger charge is 2.17. The molecular weight excluding hydrogens is 218 g/mol. The molecule has 0 aromatic carbocycles. The summed E-state index contributed by atoms with van der Waals surface area (Å²) in [5, 5.41) is 6.56. The van der Waals surface area contributed by atoms with Crippen molar-refractivity contribution < 1.29 is 9.59 Å². The van der Waals surface area contributed by atoms with E-state index in [0.29, 0.717) is 31.0 Å². The number of unbranched alkanes of at least 4 members (excludes halogenated alkanes) is 1. The first-order valence-corrected chi connectivity index (χ1v) is 6.23. The molecular formula is C12H21N3O2. The fourth-order valence-corrected chi connectivity index (χ4v) is 1.62. The van der Waals surface area contributed by atoms with Crippen LogP contribution in [-0.2, 0) is 9.59 Å². The van der Waals surface area contributed by atoms with Crippen molar-refractivity contribution in [1.82, 2.24) is 10.7 Å². The lowest BCUT2D eigenvalue weighted by atomic mass is 10.1. The summed E-state index contributed by atoms with van der Waals surface area (Å²) in [4.78, 5) is 22.5. The van der Waals surface area contributed by atoms with E-state index >= 15 is 0 Å². The highest BCUT2D eigenvalue weighted by molar-refractivity contribution is 6.39. The maximum Gasteiger partial charge on any atom is 0.267 e. The Kier molecular flexibility index (Phi) is 5.66. The number of nitrogens with zero attached hydrogens (tertiary/aromatic N) is 1.